The van der Waals surface area contributed by atoms with E-state index in [2.05, 4.69) is 9.71 Å². The van der Waals surface area contributed by atoms with E-state index >= 15 is 0 Å². The largest absolute Gasteiger partial charge is 0.480 e. The van der Waals surface area contributed by atoms with Crippen molar-refractivity contribution >= 4 is 27.5 Å². The number of ether oxygens (including phenoxy) is 1. The summed E-state index contributed by atoms with van der Waals surface area (Å²) in [7, 11) is -3.75. The number of carbonyl (C=O) groups is 1. The number of hydrogen-bond donors (Lipinski definition) is 1. The molecule has 0 saturated carbocycles. The Balaban J connectivity index is 2.19. The highest BCUT2D eigenvalue weighted by Gasteiger charge is 2.17. The Kier molecular flexibility index (Phi) is 4.39. The van der Waals surface area contributed by atoms with E-state index in [1.165, 1.54) is 31.2 Å². The molecule has 1 N–H and O–H groups in total. The zero-order valence-corrected chi connectivity index (χ0v) is 11.9. The summed E-state index contributed by atoms with van der Waals surface area (Å²) in [6.45, 7) is 1.90. The number of benzene rings is 1. The molecule has 7 heteroatoms. The van der Waals surface area contributed by atoms with Gasteiger partial charge in [0.15, 0.2) is 5.90 Å². The lowest BCUT2D eigenvalue weighted by molar-refractivity contribution is -0.114. The van der Waals surface area contributed by atoms with Crippen molar-refractivity contribution in [2.75, 3.05) is 11.9 Å². The fourth-order valence-electron chi connectivity index (χ4n) is 1.81. The third kappa shape index (κ3) is 3.80. The number of amides is 1. The van der Waals surface area contributed by atoms with E-state index in [1.54, 1.807) is 0 Å². The van der Waals surface area contributed by atoms with Crippen LogP contribution in [-0.4, -0.2) is 26.8 Å². The molecule has 20 heavy (non-hydrogen) atoms. The van der Waals surface area contributed by atoms with Gasteiger partial charge in [-0.1, -0.05) is 0 Å². The number of rotatable bonds is 3. The van der Waals surface area contributed by atoms with Crippen molar-refractivity contribution in [3.05, 3.63) is 24.3 Å². The highest BCUT2D eigenvalue weighted by Crippen LogP contribution is 2.18. The van der Waals surface area contributed by atoms with Gasteiger partial charge in [-0.2, -0.15) is 8.42 Å². The molecule has 0 spiro atoms. The van der Waals surface area contributed by atoms with Crippen LogP contribution in [-0.2, 0) is 19.6 Å². The molecule has 1 saturated heterocycles. The molecule has 0 unspecified atom stereocenters. The Hall–Kier alpha value is -1.89. The predicted molar refractivity (Wildman–Crippen MR) is 75.2 cm³/mol. The molecule has 2 rings (SSSR count). The van der Waals surface area contributed by atoms with Gasteiger partial charge in [0.1, 0.15) is 0 Å². The Bertz CT molecular complexity index is 612. The molecule has 1 aliphatic rings. The van der Waals surface area contributed by atoms with Crippen LogP contribution >= 0.6 is 0 Å². The second-order valence-corrected chi connectivity index (χ2v) is 6.08. The number of carbonyl (C=O) groups excluding carboxylic acids is 1. The molecule has 1 fully saturated rings. The zero-order valence-electron chi connectivity index (χ0n) is 11.1. The molecule has 1 heterocycles. The molecule has 0 aromatic heterocycles. The summed E-state index contributed by atoms with van der Waals surface area (Å²) in [5.41, 5.74) is 0.540. The van der Waals surface area contributed by atoms with E-state index in [0.717, 1.165) is 12.8 Å². The average molecular weight is 296 g/mol. The lowest BCUT2D eigenvalue weighted by Crippen LogP contribution is -2.14. The topological polar surface area (TPSA) is 84.8 Å². The van der Waals surface area contributed by atoms with E-state index < -0.39 is 10.0 Å². The molecule has 0 aliphatic carbocycles. The van der Waals surface area contributed by atoms with Crippen LogP contribution < -0.4 is 5.32 Å². The van der Waals surface area contributed by atoms with Gasteiger partial charge >= 0.3 is 0 Å². The quantitative estimate of drug-likeness (QED) is 0.923. The molecule has 0 bridgehead atoms. The van der Waals surface area contributed by atoms with E-state index in [1.807, 2.05) is 0 Å². The van der Waals surface area contributed by atoms with E-state index in [4.69, 9.17) is 4.74 Å². The molecule has 0 atom stereocenters. The third-order valence-electron chi connectivity index (χ3n) is 2.75. The zero-order chi connectivity index (χ0) is 14.6. The number of anilines is 1. The Morgan fingerprint density at radius 2 is 1.95 bits per heavy atom. The summed E-state index contributed by atoms with van der Waals surface area (Å²) in [5, 5.41) is 2.57. The fraction of sp³-hybridized carbons (Fsp3) is 0.385. The smallest absolute Gasteiger partial charge is 0.285 e. The maximum atomic E-state index is 12.1. The first-order chi connectivity index (χ1) is 9.47. The molecular weight excluding hydrogens is 280 g/mol. The third-order valence-corrected chi connectivity index (χ3v) is 4.06. The van der Waals surface area contributed by atoms with Gasteiger partial charge in [-0.25, -0.2) is 0 Å². The first-order valence-corrected chi connectivity index (χ1v) is 7.76. The van der Waals surface area contributed by atoms with Gasteiger partial charge in [-0.05, 0) is 37.1 Å². The van der Waals surface area contributed by atoms with Crippen molar-refractivity contribution in [2.45, 2.75) is 31.1 Å². The van der Waals surface area contributed by atoms with Gasteiger partial charge < -0.3 is 10.1 Å². The summed E-state index contributed by atoms with van der Waals surface area (Å²) in [4.78, 5) is 11.0. The maximum Gasteiger partial charge on any atom is 0.285 e. The standard InChI is InChI=1S/C13H16N2O4S/c1-10(16)14-11-5-7-12(8-6-11)20(17,18)15-13-4-2-3-9-19-13/h5-8H,2-4,9H2,1H3,(H,14,16)/b15-13+. The molecule has 1 aliphatic heterocycles. The van der Waals surface area contributed by atoms with Gasteiger partial charge in [0.25, 0.3) is 10.0 Å². The van der Waals surface area contributed by atoms with E-state index in [-0.39, 0.29) is 16.7 Å². The lowest BCUT2D eigenvalue weighted by Gasteiger charge is -2.14. The van der Waals surface area contributed by atoms with Crippen molar-refractivity contribution in [1.29, 1.82) is 0 Å². The van der Waals surface area contributed by atoms with Crippen LogP contribution in [0.2, 0.25) is 0 Å². The van der Waals surface area contributed by atoms with Crippen LogP contribution in [0.25, 0.3) is 0 Å². The average Bonchev–Trinajstić information content (AvgIpc) is 2.39. The molecule has 0 radical (unpaired) electrons. The molecule has 1 aromatic carbocycles. The molecular formula is C13H16N2O4S. The number of sulfonamides is 1. The van der Waals surface area contributed by atoms with Gasteiger partial charge in [-0.3, -0.25) is 4.79 Å². The van der Waals surface area contributed by atoms with Gasteiger partial charge in [0, 0.05) is 19.0 Å². The molecule has 1 aromatic rings. The summed E-state index contributed by atoms with van der Waals surface area (Å²) >= 11 is 0. The van der Waals surface area contributed by atoms with Gasteiger partial charge in [0.2, 0.25) is 5.91 Å². The van der Waals surface area contributed by atoms with Crippen molar-refractivity contribution in [3.8, 4) is 0 Å². The summed E-state index contributed by atoms with van der Waals surface area (Å²) < 4.78 is 33.1. The first-order valence-electron chi connectivity index (χ1n) is 6.32. The summed E-state index contributed by atoms with van der Waals surface area (Å²) in [6, 6.07) is 5.87. The fourth-order valence-corrected chi connectivity index (χ4v) is 2.81. The number of hydrogen-bond acceptors (Lipinski definition) is 4. The van der Waals surface area contributed by atoms with Crippen molar-refractivity contribution in [3.63, 3.8) is 0 Å². The molecule has 6 nitrogen and oxygen atoms in total. The molecule has 1 amide bonds. The Morgan fingerprint density at radius 3 is 2.50 bits per heavy atom. The summed E-state index contributed by atoms with van der Waals surface area (Å²) in [6.07, 6.45) is 2.35. The minimum atomic E-state index is -3.75. The van der Waals surface area contributed by atoms with Crippen molar-refractivity contribution in [1.82, 2.24) is 0 Å². The lowest BCUT2D eigenvalue weighted by atomic mass is 10.2. The molecule has 108 valence electrons. The highest BCUT2D eigenvalue weighted by molar-refractivity contribution is 7.90. The van der Waals surface area contributed by atoms with E-state index in [9.17, 15) is 13.2 Å². The SMILES string of the molecule is CC(=O)Nc1ccc(S(=O)(=O)/N=C2\CCCCO2)cc1. The minimum absolute atomic E-state index is 0.0771. The van der Waals surface area contributed by atoms with Crippen LogP contribution in [0.4, 0.5) is 5.69 Å². The van der Waals surface area contributed by atoms with Gasteiger partial charge in [0.05, 0.1) is 11.5 Å². The van der Waals surface area contributed by atoms with Crippen molar-refractivity contribution < 1.29 is 17.9 Å². The van der Waals surface area contributed by atoms with Crippen LogP contribution in [0.5, 0.6) is 0 Å². The van der Waals surface area contributed by atoms with Crippen LogP contribution in [0.3, 0.4) is 0 Å². The minimum Gasteiger partial charge on any atom is -0.480 e. The van der Waals surface area contributed by atoms with E-state index in [0.29, 0.717) is 18.7 Å². The Morgan fingerprint density at radius 1 is 1.25 bits per heavy atom. The predicted octanol–water partition coefficient (Wildman–Crippen LogP) is 1.93. The summed E-state index contributed by atoms with van der Waals surface area (Å²) in [5.74, 6) is 0.0543. The maximum absolute atomic E-state index is 12.1. The normalized spacial score (nSPS) is 17.6. The second-order valence-electron chi connectivity index (χ2n) is 4.47. The highest BCUT2D eigenvalue weighted by atomic mass is 32.2. The monoisotopic (exact) mass is 296 g/mol. The second kappa shape index (κ2) is 6.04. The van der Waals surface area contributed by atoms with Crippen LogP contribution in [0.1, 0.15) is 26.2 Å². The van der Waals surface area contributed by atoms with Crippen LogP contribution in [0.15, 0.2) is 33.6 Å². The number of nitrogens with zero attached hydrogens (tertiary/aromatic N) is 1. The van der Waals surface area contributed by atoms with Crippen LogP contribution in [0, 0.1) is 0 Å². The van der Waals surface area contributed by atoms with Gasteiger partial charge in [-0.15, -0.1) is 4.40 Å². The Labute approximate surface area is 117 Å². The number of nitrogens with one attached hydrogen (secondary N) is 1. The van der Waals surface area contributed by atoms with Crippen molar-refractivity contribution in [2.24, 2.45) is 4.40 Å². The first kappa shape index (κ1) is 14.5.